The number of anilines is 1. The van der Waals surface area contributed by atoms with Gasteiger partial charge in [0.25, 0.3) is 0 Å². The lowest BCUT2D eigenvalue weighted by molar-refractivity contribution is -0.274. The number of benzene rings is 2. The summed E-state index contributed by atoms with van der Waals surface area (Å²) in [6.07, 6.45) is -5.64. The number of carbonyl (C=O) groups excluding carboxylic acids is 1. The number of aliphatic hydroxyl groups is 1. The Morgan fingerprint density at radius 1 is 1.19 bits per heavy atom. The van der Waals surface area contributed by atoms with Crippen LogP contribution in [-0.2, 0) is 16.9 Å². The molecule has 1 amide bonds. The number of hydrazine groups is 1. The number of rotatable bonds is 10. The molecule has 0 saturated heterocycles. The largest absolute Gasteiger partial charge is 0.573 e. The van der Waals surface area contributed by atoms with Gasteiger partial charge in [-0.3, -0.25) is 5.01 Å². The van der Waals surface area contributed by atoms with E-state index >= 15 is 4.39 Å². The topological polar surface area (TPSA) is 114 Å². The predicted octanol–water partition coefficient (Wildman–Crippen LogP) is 5.17. The summed E-state index contributed by atoms with van der Waals surface area (Å²) < 4.78 is 90.1. The van der Waals surface area contributed by atoms with E-state index in [0.29, 0.717) is 12.5 Å². The second-order valence-electron chi connectivity index (χ2n) is 8.91. The fraction of sp³-hybridized carbons (Fsp3) is 0.360. The number of halogens is 6. The second-order valence-corrected chi connectivity index (χ2v) is 9.29. The smallest absolute Gasteiger partial charge is 0.414 e. The van der Waals surface area contributed by atoms with E-state index in [1.54, 1.807) is 6.92 Å². The van der Waals surface area contributed by atoms with Gasteiger partial charge in [0.15, 0.2) is 5.11 Å². The van der Waals surface area contributed by atoms with Crippen LogP contribution in [0.1, 0.15) is 32.3 Å². The molecule has 3 N–H and O–H groups in total. The SMILES string of the molecule is CCCC(F)OC(=O)NN(C(=S)Nc1ccc(OC(F)(F)F)cc1)[C@H](C)[C@](O)(Cn1cncn1)c1ccc(F)cc1F. The number of hydrogen-bond acceptors (Lipinski definition) is 7. The van der Waals surface area contributed by atoms with E-state index in [4.69, 9.17) is 17.0 Å². The van der Waals surface area contributed by atoms with Crippen LogP contribution >= 0.6 is 12.2 Å². The summed E-state index contributed by atoms with van der Waals surface area (Å²) in [6.45, 7) is 2.48. The Kier molecular flexibility index (Phi) is 10.6. The maximum absolute atomic E-state index is 15.1. The van der Waals surface area contributed by atoms with Crippen LogP contribution in [0.2, 0.25) is 0 Å². The number of thiocarbonyl (C=S) groups is 1. The number of amides is 1. The molecule has 0 aliphatic rings. The molecular weight excluding hydrogens is 594 g/mol. The molecule has 17 heteroatoms. The van der Waals surface area contributed by atoms with Gasteiger partial charge in [0.05, 0.1) is 12.6 Å². The van der Waals surface area contributed by atoms with Crippen molar-refractivity contribution >= 4 is 29.1 Å². The third-order valence-corrected chi connectivity index (χ3v) is 6.16. The van der Waals surface area contributed by atoms with E-state index in [0.717, 1.165) is 40.3 Å². The highest BCUT2D eigenvalue weighted by Crippen LogP contribution is 2.33. The number of ether oxygens (including phenoxy) is 2. The minimum atomic E-state index is -4.92. The Morgan fingerprint density at radius 3 is 2.45 bits per heavy atom. The summed E-state index contributed by atoms with van der Waals surface area (Å²) in [4.78, 5) is 16.4. The molecule has 0 radical (unpaired) electrons. The Bertz CT molecular complexity index is 1350. The normalized spacial score (nSPS) is 14.3. The predicted molar refractivity (Wildman–Crippen MR) is 140 cm³/mol. The van der Waals surface area contributed by atoms with Gasteiger partial charge in [-0.15, -0.1) is 13.2 Å². The Hall–Kier alpha value is -4.12. The van der Waals surface area contributed by atoms with Crippen LogP contribution in [0.4, 0.5) is 36.8 Å². The van der Waals surface area contributed by atoms with Crippen LogP contribution in [0, 0.1) is 11.6 Å². The van der Waals surface area contributed by atoms with Crippen molar-refractivity contribution in [1.29, 1.82) is 0 Å². The summed E-state index contributed by atoms with van der Waals surface area (Å²) >= 11 is 5.40. The zero-order chi connectivity index (χ0) is 31.1. The lowest BCUT2D eigenvalue weighted by Crippen LogP contribution is -2.61. The molecule has 228 valence electrons. The molecule has 0 fully saturated rings. The quantitative estimate of drug-likeness (QED) is 0.161. The van der Waals surface area contributed by atoms with E-state index in [-0.39, 0.29) is 17.2 Å². The summed E-state index contributed by atoms with van der Waals surface area (Å²) in [5.41, 5.74) is -0.422. The first-order chi connectivity index (χ1) is 19.7. The summed E-state index contributed by atoms with van der Waals surface area (Å²) in [7, 11) is 0. The van der Waals surface area contributed by atoms with Gasteiger partial charge < -0.3 is 19.9 Å². The first-order valence-electron chi connectivity index (χ1n) is 12.3. The van der Waals surface area contributed by atoms with Crippen LogP contribution in [0.15, 0.2) is 55.1 Å². The fourth-order valence-corrected chi connectivity index (χ4v) is 4.15. The van der Waals surface area contributed by atoms with Crippen LogP contribution in [0.5, 0.6) is 5.75 Å². The van der Waals surface area contributed by atoms with Gasteiger partial charge >= 0.3 is 12.5 Å². The Morgan fingerprint density at radius 2 is 1.88 bits per heavy atom. The number of nitrogens with one attached hydrogen (secondary N) is 2. The van der Waals surface area contributed by atoms with Gasteiger partial charge in [-0.2, -0.15) is 5.10 Å². The molecule has 3 aromatic rings. The van der Waals surface area contributed by atoms with E-state index in [1.165, 1.54) is 25.4 Å². The second kappa shape index (κ2) is 13.7. The highest BCUT2D eigenvalue weighted by atomic mass is 32.1. The van der Waals surface area contributed by atoms with Crippen molar-refractivity contribution < 1.29 is 45.7 Å². The van der Waals surface area contributed by atoms with Gasteiger partial charge in [0.2, 0.25) is 6.36 Å². The zero-order valence-corrected chi connectivity index (χ0v) is 22.9. The molecule has 42 heavy (non-hydrogen) atoms. The van der Waals surface area contributed by atoms with E-state index in [9.17, 15) is 31.9 Å². The van der Waals surface area contributed by atoms with Crippen molar-refractivity contribution in [3.05, 3.63) is 72.3 Å². The van der Waals surface area contributed by atoms with Crippen molar-refractivity contribution in [3.8, 4) is 5.75 Å². The summed E-state index contributed by atoms with van der Waals surface area (Å²) in [6, 6.07) is 5.34. The fourth-order valence-electron chi connectivity index (χ4n) is 3.83. The van der Waals surface area contributed by atoms with Crippen molar-refractivity contribution in [2.45, 2.75) is 57.6 Å². The van der Waals surface area contributed by atoms with Crippen LogP contribution in [0.3, 0.4) is 0 Å². The Labute approximate surface area is 241 Å². The third-order valence-electron chi connectivity index (χ3n) is 5.87. The molecule has 3 rings (SSSR count). The first kappa shape index (κ1) is 32.4. The molecule has 2 aromatic carbocycles. The Balaban J connectivity index is 1.98. The van der Waals surface area contributed by atoms with Crippen LogP contribution in [-0.4, -0.2) is 54.8 Å². The average Bonchev–Trinajstić information content (AvgIpc) is 3.40. The zero-order valence-electron chi connectivity index (χ0n) is 22.1. The monoisotopic (exact) mass is 620 g/mol. The molecule has 0 aliphatic carbocycles. The number of alkyl halides is 4. The van der Waals surface area contributed by atoms with E-state index in [2.05, 4.69) is 25.6 Å². The molecule has 1 unspecified atom stereocenters. The molecule has 3 atom stereocenters. The van der Waals surface area contributed by atoms with Gasteiger partial charge in [0, 0.05) is 23.7 Å². The molecule has 0 aliphatic heterocycles. The van der Waals surface area contributed by atoms with Crippen molar-refractivity contribution in [2.75, 3.05) is 5.32 Å². The molecule has 1 aromatic heterocycles. The molecule has 1 heterocycles. The average molecular weight is 621 g/mol. The number of carbonyl (C=O) groups is 1. The molecule has 10 nitrogen and oxygen atoms in total. The van der Waals surface area contributed by atoms with Gasteiger partial charge in [-0.05, 0) is 55.9 Å². The minimum absolute atomic E-state index is 0.115. The molecule has 0 spiro atoms. The lowest BCUT2D eigenvalue weighted by Gasteiger charge is -2.41. The summed E-state index contributed by atoms with van der Waals surface area (Å²) in [5, 5.41) is 19.0. The number of nitrogens with zero attached hydrogens (tertiary/aromatic N) is 4. The van der Waals surface area contributed by atoms with Crippen molar-refractivity contribution in [2.24, 2.45) is 0 Å². The van der Waals surface area contributed by atoms with Gasteiger partial charge in [-0.25, -0.2) is 33.1 Å². The van der Waals surface area contributed by atoms with Gasteiger partial charge in [-0.1, -0.05) is 13.0 Å². The third kappa shape index (κ3) is 8.69. The van der Waals surface area contributed by atoms with Gasteiger partial charge in [0.1, 0.15) is 35.6 Å². The van der Waals surface area contributed by atoms with Crippen molar-refractivity contribution in [3.63, 3.8) is 0 Å². The summed E-state index contributed by atoms with van der Waals surface area (Å²) in [5.74, 6) is -2.59. The van der Waals surface area contributed by atoms with E-state index in [1.807, 2.05) is 0 Å². The number of aromatic nitrogens is 3. The standard InChI is InChI=1S/C25H26F6N6O4S/c1-3-4-21(28)40-23(38)35-37(22(42)34-17-6-8-18(9-7-17)41-25(29,30)31)15(2)24(39,12-36-14-32-13-33-36)19-10-5-16(26)11-20(19)27/h5-11,13-15,21,39H,3-4,12H2,1-2H3,(H,34,42)(H,35,38)/t15-,21?,24-/m1/s1. The highest BCUT2D eigenvalue weighted by Gasteiger charge is 2.44. The van der Waals surface area contributed by atoms with Crippen molar-refractivity contribution in [1.82, 2.24) is 25.2 Å². The maximum atomic E-state index is 15.1. The molecular formula is C25H26F6N6O4S. The molecule has 0 saturated carbocycles. The van der Waals surface area contributed by atoms with Crippen LogP contribution in [0.25, 0.3) is 0 Å². The first-order valence-corrected chi connectivity index (χ1v) is 12.7. The lowest BCUT2D eigenvalue weighted by atomic mass is 9.86. The van der Waals surface area contributed by atoms with E-state index < -0.39 is 59.9 Å². The minimum Gasteiger partial charge on any atom is -0.414 e. The maximum Gasteiger partial charge on any atom is 0.573 e. The van der Waals surface area contributed by atoms with Crippen LogP contribution < -0.4 is 15.5 Å². The molecule has 0 bridgehead atoms. The number of hydrogen-bond donors (Lipinski definition) is 3. The highest BCUT2D eigenvalue weighted by molar-refractivity contribution is 7.80.